The Bertz CT molecular complexity index is 715. The third-order valence-electron chi connectivity index (χ3n) is 4.64. The topological polar surface area (TPSA) is 32.8 Å². The highest BCUT2D eigenvalue weighted by molar-refractivity contribution is 5.78. The minimum atomic E-state index is -0.248. The van der Waals surface area contributed by atoms with Crippen molar-refractivity contribution in [3.63, 3.8) is 0 Å². The molecule has 2 aromatic carbocycles. The third-order valence-corrected chi connectivity index (χ3v) is 4.64. The highest BCUT2D eigenvalue weighted by atomic mass is 19.1. The molecule has 1 saturated heterocycles. The fraction of sp³-hybridized carbons (Fsp3) is 0.350. The molecule has 3 rings (SSSR count). The van der Waals surface area contributed by atoms with Gasteiger partial charge in [0, 0.05) is 19.6 Å². The number of hydrogen-bond acceptors (Lipinski definition) is 3. The highest BCUT2D eigenvalue weighted by Crippen LogP contribution is 2.24. The second-order valence-corrected chi connectivity index (χ2v) is 6.49. The quantitative estimate of drug-likeness (QED) is 0.856. The summed E-state index contributed by atoms with van der Waals surface area (Å²) in [5.41, 5.74) is 2.17. The fourth-order valence-electron chi connectivity index (χ4n) is 3.02. The van der Waals surface area contributed by atoms with E-state index in [1.165, 1.54) is 12.1 Å². The molecule has 5 heteroatoms. The Kier molecular flexibility index (Phi) is 5.34. The van der Waals surface area contributed by atoms with E-state index in [1.807, 2.05) is 43.1 Å². The van der Waals surface area contributed by atoms with Gasteiger partial charge in [0.15, 0.2) is 6.61 Å². The number of hydrogen-bond donors (Lipinski definition) is 0. The molecule has 132 valence electrons. The zero-order valence-corrected chi connectivity index (χ0v) is 14.6. The van der Waals surface area contributed by atoms with Gasteiger partial charge in [-0.25, -0.2) is 4.39 Å². The van der Waals surface area contributed by atoms with E-state index >= 15 is 0 Å². The maximum absolute atomic E-state index is 13.1. The lowest BCUT2D eigenvalue weighted by Crippen LogP contribution is -2.50. The Morgan fingerprint density at radius 3 is 2.48 bits per heavy atom. The van der Waals surface area contributed by atoms with Gasteiger partial charge in [0.1, 0.15) is 11.6 Å². The number of likely N-dealkylation sites (N-methyl/N-ethyl adjacent to an activating group) is 1. The van der Waals surface area contributed by atoms with Crippen molar-refractivity contribution in [3.8, 4) is 5.75 Å². The van der Waals surface area contributed by atoms with Gasteiger partial charge in [-0.2, -0.15) is 0 Å². The summed E-state index contributed by atoms with van der Waals surface area (Å²) >= 11 is 0. The van der Waals surface area contributed by atoms with E-state index in [0.717, 1.165) is 17.7 Å². The van der Waals surface area contributed by atoms with Crippen LogP contribution in [-0.4, -0.2) is 49.0 Å². The molecule has 0 radical (unpaired) electrons. The number of carbonyl (C=O) groups is 1. The van der Waals surface area contributed by atoms with Crippen LogP contribution in [0.3, 0.4) is 0 Å². The van der Waals surface area contributed by atoms with Gasteiger partial charge in [0.25, 0.3) is 5.91 Å². The predicted octanol–water partition coefficient (Wildman–Crippen LogP) is 3.03. The SMILES string of the molecule is Cc1ccc(OCC(=O)N2CCN(C)C(c3ccc(F)cc3)C2)cc1. The van der Waals surface area contributed by atoms with Crippen molar-refractivity contribution < 1.29 is 13.9 Å². The lowest BCUT2D eigenvalue weighted by molar-refractivity contribution is -0.136. The summed E-state index contributed by atoms with van der Waals surface area (Å²) in [6.07, 6.45) is 0. The summed E-state index contributed by atoms with van der Waals surface area (Å²) in [7, 11) is 2.03. The van der Waals surface area contributed by atoms with Crippen LogP contribution in [-0.2, 0) is 4.79 Å². The molecule has 0 bridgehead atoms. The van der Waals surface area contributed by atoms with Crippen LogP contribution in [0.25, 0.3) is 0 Å². The van der Waals surface area contributed by atoms with Crippen LogP contribution >= 0.6 is 0 Å². The molecule has 1 amide bonds. The van der Waals surface area contributed by atoms with E-state index in [0.29, 0.717) is 18.8 Å². The van der Waals surface area contributed by atoms with Gasteiger partial charge in [-0.3, -0.25) is 9.69 Å². The Hall–Kier alpha value is -2.40. The number of ether oxygens (including phenoxy) is 1. The monoisotopic (exact) mass is 342 g/mol. The first kappa shape index (κ1) is 17.4. The largest absolute Gasteiger partial charge is 0.484 e. The maximum Gasteiger partial charge on any atom is 0.260 e. The minimum absolute atomic E-state index is 0.0270. The van der Waals surface area contributed by atoms with E-state index in [-0.39, 0.29) is 24.4 Å². The molecular weight excluding hydrogens is 319 g/mol. The first-order chi connectivity index (χ1) is 12.0. The summed E-state index contributed by atoms with van der Waals surface area (Å²) < 4.78 is 18.8. The number of carbonyl (C=O) groups excluding carboxylic acids is 1. The van der Waals surface area contributed by atoms with Crippen molar-refractivity contribution >= 4 is 5.91 Å². The van der Waals surface area contributed by atoms with Gasteiger partial charge in [-0.15, -0.1) is 0 Å². The number of amides is 1. The number of nitrogens with zero attached hydrogens (tertiary/aromatic N) is 2. The van der Waals surface area contributed by atoms with Crippen LogP contribution in [0.4, 0.5) is 4.39 Å². The molecule has 0 saturated carbocycles. The Morgan fingerprint density at radius 2 is 1.80 bits per heavy atom. The molecule has 25 heavy (non-hydrogen) atoms. The van der Waals surface area contributed by atoms with Crippen LogP contribution in [0.1, 0.15) is 17.2 Å². The molecule has 2 aromatic rings. The summed E-state index contributed by atoms with van der Waals surface area (Å²) in [6.45, 7) is 4.07. The first-order valence-corrected chi connectivity index (χ1v) is 8.46. The van der Waals surface area contributed by atoms with Gasteiger partial charge in [-0.05, 0) is 43.8 Å². The van der Waals surface area contributed by atoms with Crippen LogP contribution in [0.15, 0.2) is 48.5 Å². The molecule has 1 fully saturated rings. The van der Waals surface area contributed by atoms with Crippen molar-refractivity contribution in [3.05, 3.63) is 65.5 Å². The highest BCUT2D eigenvalue weighted by Gasteiger charge is 2.28. The van der Waals surface area contributed by atoms with Crippen LogP contribution < -0.4 is 4.74 Å². The number of rotatable bonds is 4. The van der Waals surface area contributed by atoms with E-state index in [1.54, 1.807) is 12.1 Å². The molecule has 1 aliphatic heterocycles. The number of benzene rings is 2. The molecule has 1 heterocycles. The molecule has 0 N–H and O–H groups in total. The first-order valence-electron chi connectivity index (χ1n) is 8.46. The molecule has 0 aliphatic carbocycles. The third kappa shape index (κ3) is 4.37. The van der Waals surface area contributed by atoms with Crippen molar-refractivity contribution in [2.45, 2.75) is 13.0 Å². The molecule has 1 unspecified atom stereocenters. The van der Waals surface area contributed by atoms with Gasteiger partial charge < -0.3 is 9.64 Å². The normalized spacial score (nSPS) is 18.2. The lowest BCUT2D eigenvalue weighted by Gasteiger charge is -2.39. The van der Waals surface area contributed by atoms with Crippen molar-refractivity contribution in [2.24, 2.45) is 0 Å². The van der Waals surface area contributed by atoms with E-state index in [2.05, 4.69) is 4.90 Å². The molecule has 1 aliphatic rings. The maximum atomic E-state index is 13.1. The fourth-order valence-corrected chi connectivity index (χ4v) is 3.02. The Labute approximate surface area is 147 Å². The predicted molar refractivity (Wildman–Crippen MR) is 95.0 cm³/mol. The second kappa shape index (κ2) is 7.66. The van der Waals surface area contributed by atoms with Gasteiger partial charge in [-0.1, -0.05) is 29.8 Å². The number of piperazine rings is 1. The lowest BCUT2D eigenvalue weighted by atomic mass is 10.0. The van der Waals surface area contributed by atoms with Gasteiger partial charge in [0.2, 0.25) is 0 Å². The summed E-state index contributed by atoms with van der Waals surface area (Å²) in [4.78, 5) is 16.5. The second-order valence-electron chi connectivity index (χ2n) is 6.49. The average Bonchev–Trinajstić information content (AvgIpc) is 2.62. The zero-order chi connectivity index (χ0) is 17.8. The standard InChI is InChI=1S/C20H23FN2O2/c1-15-3-9-18(10-4-15)25-14-20(24)23-12-11-22(2)19(13-23)16-5-7-17(21)8-6-16/h3-10,19H,11-14H2,1-2H3. The van der Waals surface area contributed by atoms with Crippen LogP contribution in [0.5, 0.6) is 5.75 Å². The van der Waals surface area contributed by atoms with Crippen LogP contribution in [0, 0.1) is 12.7 Å². The molecule has 1 atom stereocenters. The molecular formula is C20H23FN2O2. The minimum Gasteiger partial charge on any atom is -0.484 e. The number of aryl methyl sites for hydroxylation is 1. The summed E-state index contributed by atoms with van der Waals surface area (Å²) in [5.74, 6) is 0.422. The molecule has 0 spiro atoms. The number of halogens is 1. The summed E-state index contributed by atoms with van der Waals surface area (Å²) in [6, 6.07) is 14.2. The van der Waals surface area contributed by atoms with Crippen molar-refractivity contribution in [1.82, 2.24) is 9.80 Å². The van der Waals surface area contributed by atoms with Crippen molar-refractivity contribution in [1.29, 1.82) is 0 Å². The van der Waals surface area contributed by atoms with Crippen LogP contribution in [0.2, 0.25) is 0 Å². The molecule has 0 aromatic heterocycles. The van der Waals surface area contributed by atoms with E-state index < -0.39 is 0 Å². The van der Waals surface area contributed by atoms with Gasteiger partial charge in [0.05, 0.1) is 6.04 Å². The average molecular weight is 342 g/mol. The zero-order valence-electron chi connectivity index (χ0n) is 14.6. The summed E-state index contributed by atoms with van der Waals surface area (Å²) in [5, 5.41) is 0. The van der Waals surface area contributed by atoms with E-state index in [4.69, 9.17) is 4.74 Å². The Balaban J connectivity index is 1.61. The van der Waals surface area contributed by atoms with E-state index in [9.17, 15) is 9.18 Å². The van der Waals surface area contributed by atoms with Gasteiger partial charge >= 0.3 is 0 Å². The smallest absolute Gasteiger partial charge is 0.260 e. The van der Waals surface area contributed by atoms with Crippen molar-refractivity contribution in [2.75, 3.05) is 33.3 Å². The Morgan fingerprint density at radius 1 is 1.12 bits per heavy atom. The molecule has 4 nitrogen and oxygen atoms in total.